The lowest BCUT2D eigenvalue weighted by atomic mass is 10.0. The molecular weight excluding hydrogens is 427 g/mol. The van der Waals surface area contributed by atoms with Gasteiger partial charge in [-0.2, -0.15) is 0 Å². The number of rotatable bonds is 6. The van der Waals surface area contributed by atoms with Gasteiger partial charge in [-0.3, -0.25) is 14.6 Å². The molecule has 10 heteroatoms. The number of nitrogens with two attached hydrogens (primary N) is 1. The van der Waals surface area contributed by atoms with Gasteiger partial charge in [0.1, 0.15) is 17.6 Å². The van der Waals surface area contributed by atoms with Crippen LogP contribution in [0.25, 0.3) is 11.1 Å². The van der Waals surface area contributed by atoms with E-state index in [1.54, 1.807) is 36.5 Å². The van der Waals surface area contributed by atoms with Gasteiger partial charge in [-0.25, -0.2) is 5.48 Å². The molecule has 164 valence electrons. The van der Waals surface area contributed by atoms with Crippen LogP contribution in [0.3, 0.4) is 0 Å². The average molecular weight is 443 g/mol. The highest BCUT2D eigenvalue weighted by Gasteiger charge is 2.31. The summed E-state index contributed by atoms with van der Waals surface area (Å²) in [7, 11) is 0. The molecule has 1 amide bonds. The Morgan fingerprint density at radius 1 is 1.03 bits per heavy atom. The Morgan fingerprint density at radius 3 is 2.53 bits per heavy atom. The third-order valence-corrected chi connectivity index (χ3v) is 4.45. The van der Waals surface area contributed by atoms with Crippen LogP contribution in [0.2, 0.25) is 0 Å². The molecule has 1 aliphatic rings. The topological polar surface area (TPSA) is 95.7 Å². The van der Waals surface area contributed by atoms with Gasteiger partial charge in [-0.05, 0) is 41.5 Å². The Labute approximate surface area is 180 Å². The monoisotopic (exact) mass is 443 g/mol. The normalized spacial score (nSPS) is 15.6. The standard InChI is InChI=1S/C22H16F3N3O4/c23-22(24,25)31-17-6-4-13(5-7-17)19-10-20(28-32-19)30-18-9-16(11-27-12-18)14-2-1-3-15(8-14)21(26)29/h1-12,19,28H,(H2,26,29)/t19-/m0/s1. The first-order valence-corrected chi connectivity index (χ1v) is 9.29. The van der Waals surface area contributed by atoms with E-state index in [-0.39, 0.29) is 11.6 Å². The lowest BCUT2D eigenvalue weighted by Crippen LogP contribution is -2.17. The van der Waals surface area contributed by atoms with E-state index in [0.29, 0.717) is 22.4 Å². The van der Waals surface area contributed by atoms with Crippen molar-refractivity contribution < 1.29 is 32.3 Å². The van der Waals surface area contributed by atoms with Crippen molar-refractivity contribution in [3.63, 3.8) is 0 Å². The zero-order chi connectivity index (χ0) is 22.7. The van der Waals surface area contributed by atoms with E-state index in [4.69, 9.17) is 15.3 Å². The Morgan fingerprint density at radius 2 is 1.81 bits per heavy atom. The van der Waals surface area contributed by atoms with Crippen LogP contribution in [0.5, 0.6) is 11.5 Å². The summed E-state index contributed by atoms with van der Waals surface area (Å²) in [6.45, 7) is 0. The second-order valence-electron chi connectivity index (χ2n) is 6.74. The molecule has 2 aromatic carbocycles. The SMILES string of the molecule is NC(=O)c1cccc(-c2cncc(OC3=C[C@@H](c4ccc(OC(F)(F)F)cc4)ON3)c2)c1. The molecule has 3 N–H and O–H groups in total. The summed E-state index contributed by atoms with van der Waals surface area (Å²) in [5.41, 5.74) is 10.4. The van der Waals surface area contributed by atoms with Crippen molar-refractivity contribution in [1.82, 2.24) is 10.5 Å². The molecule has 0 saturated carbocycles. The van der Waals surface area contributed by atoms with E-state index in [9.17, 15) is 18.0 Å². The molecule has 32 heavy (non-hydrogen) atoms. The third kappa shape index (κ3) is 5.16. The number of alkyl halides is 3. The smallest absolute Gasteiger partial charge is 0.438 e. The molecule has 0 saturated heterocycles. The van der Waals surface area contributed by atoms with E-state index >= 15 is 0 Å². The summed E-state index contributed by atoms with van der Waals surface area (Å²) >= 11 is 0. The maximum absolute atomic E-state index is 12.3. The van der Waals surface area contributed by atoms with Crippen LogP contribution in [-0.4, -0.2) is 17.3 Å². The van der Waals surface area contributed by atoms with Gasteiger partial charge in [0.05, 0.1) is 6.20 Å². The van der Waals surface area contributed by atoms with Crippen molar-refractivity contribution in [3.8, 4) is 22.6 Å². The first-order chi connectivity index (χ1) is 15.3. The van der Waals surface area contributed by atoms with Gasteiger partial charge in [-0.15, -0.1) is 13.2 Å². The molecule has 0 fully saturated rings. The number of pyridine rings is 1. The predicted molar refractivity (Wildman–Crippen MR) is 107 cm³/mol. The minimum Gasteiger partial charge on any atom is -0.438 e. The molecule has 0 bridgehead atoms. The summed E-state index contributed by atoms with van der Waals surface area (Å²) in [6.07, 6.45) is -0.584. The third-order valence-electron chi connectivity index (χ3n) is 4.45. The number of aromatic nitrogens is 1. The van der Waals surface area contributed by atoms with Crippen LogP contribution in [0.4, 0.5) is 13.2 Å². The predicted octanol–water partition coefficient (Wildman–Crippen LogP) is 4.24. The number of benzene rings is 2. The summed E-state index contributed by atoms with van der Waals surface area (Å²) in [6, 6.07) is 13.8. The minimum atomic E-state index is -4.75. The van der Waals surface area contributed by atoms with Crippen LogP contribution < -0.4 is 20.7 Å². The van der Waals surface area contributed by atoms with Gasteiger partial charge in [0.25, 0.3) is 0 Å². The highest BCUT2D eigenvalue weighted by Crippen LogP contribution is 2.30. The lowest BCUT2D eigenvalue weighted by molar-refractivity contribution is -0.274. The fourth-order valence-electron chi connectivity index (χ4n) is 3.02. The zero-order valence-electron chi connectivity index (χ0n) is 16.3. The van der Waals surface area contributed by atoms with E-state index in [1.165, 1.54) is 30.5 Å². The molecule has 2 heterocycles. The highest BCUT2D eigenvalue weighted by atomic mass is 19.4. The molecule has 7 nitrogen and oxygen atoms in total. The Hall–Kier alpha value is -4.05. The number of carbonyl (C=O) groups excluding carboxylic acids is 1. The van der Waals surface area contributed by atoms with Crippen molar-refractivity contribution in [2.75, 3.05) is 0 Å². The lowest BCUT2D eigenvalue weighted by Gasteiger charge is -2.11. The number of ether oxygens (including phenoxy) is 2. The minimum absolute atomic E-state index is 0.287. The molecule has 4 rings (SSSR count). The molecule has 0 spiro atoms. The molecule has 0 aliphatic carbocycles. The van der Waals surface area contributed by atoms with Crippen LogP contribution in [0.1, 0.15) is 22.0 Å². The zero-order valence-corrected chi connectivity index (χ0v) is 16.3. The van der Waals surface area contributed by atoms with Crippen molar-refractivity contribution in [2.24, 2.45) is 5.73 Å². The van der Waals surface area contributed by atoms with Crippen molar-refractivity contribution >= 4 is 5.91 Å². The van der Waals surface area contributed by atoms with Crippen molar-refractivity contribution in [3.05, 3.63) is 90.1 Å². The number of hydrogen-bond acceptors (Lipinski definition) is 6. The van der Waals surface area contributed by atoms with E-state index in [0.717, 1.165) is 5.56 Å². The van der Waals surface area contributed by atoms with Gasteiger partial charge in [0, 0.05) is 23.4 Å². The largest absolute Gasteiger partial charge is 0.573 e. The molecule has 3 aromatic rings. The number of halogens is 3. The molecule has 1 aromatic heterocycles. The fraction of sp³-hybridized carbons (Fsp3) is 0.0909. The Kier molecular flexibility index (Phi) is 5.69. The summed E-state index contributed by atoms with van der Waals surface area (Å²) in [4.78, 5) is 21.0. The number of hydroxylamine groups is 1. The summed E-state index contributed by atoms with van der Waals surface area (Å²) < 4.78 is 46.5. The van der Waals surface area contributed by atoms with Gasteiger partial charge in [0.15, 0.2) is 0 Å². The number of carbonyl (C=O) groups is 1. The second kappa shape index (κ2) is 8.60. The van der Waals surface area contributed by atoms with Crippen LogP contribution in [0, 0.1) is 0 Å². The number of primary amides is 1. The quantitative estimate of drug-likeness (QED) is 0.592. The first-order valence-electron chi connectivity index (χ1n) is 9.29. The van der Waals surface area contributed by atoms with E-state index in [2.05, 4.69) is 15.2 Å². The molecule has 0 radical (unpaired) electrons. The van der Waals surface area contributed by atoms with E-state index < -0.39 is 18.4 Å². The summed E-state index contributed by atoms with van der Waals surface area (Å²) in [5.74, 6) is -0.163. The fourth-order valence-corrected chi connectivity index (χ4v) is 3.02. The van der Waals surface area contributed by atoms with Crippen molar-refractivity contribution in [2.45, 2.75) is 12.5 Å². The maximum Gasteiger partial charge on any atom is 0.573 e. The maximum atomic E-state index is 12.3. The van der Waals surface area contributed by atoms with Gasteiger partial charge < -0.3 is 15.2 Å². The number of nitrogens with one attached hydrogen (secondary N) is 1. The number of amides is 1. The van der Waals surface area contributed by atoms with Gasteiger partial charge >= 0.3 is 6.36 Å². The van der Waals surface area contributed by atoms with E-state index in [1.807, 2.05) is 6.07 Å². The van der Waals surface area contributed by atoms with Crippen LogP contribution in [0.15, 0.2) is 79.0 Å². The average Bonchev–Trinajstić information content (AvgIpc) is 3.22. The Bertz CT molecular complexity index is 1160. The second-order valence-corrected chi connectivity index (χ2v) is 6.74. The van der Waals surface area contributed by atoms with Crippen molar-refractivity contribution in [1.29, 1.82) is 0 Å². The molecular formula is C22H16F3N3O4. The first kappa shape index (κ1) is 21.2. The van der Waals surface area contributed by atoms with Crippen LogP contribution >= 0.6 is 0 Å². The molecule has 1 aliphatic heterocycles. The molecule has 0 unspecified atom stereocenters. The van der Waals surface area contributed by atoms with Gasteiger partial charge in [0.2, 0.25) is 11.8 Å². The van der Waals surface area contributed by atoms with Gasteiger partial charge in [-0.1, -0.05) is 24.3 Å². The van der Waals surface area contributed by atoms with Crippen LogP contribution in [-0.2, 0) is 4.84 Å². The number of nitrogens with zero attached hydrogens (tertiary/aromatic N) is 1. The summed E-state index contributed by atoms with van der Waals surface area (Å²) in [5, 5.41) is 0. The number of hydrogen-bond donors (Lipinski definition) is 2. The highest BCUT2D eigenvalue weighted by molar-refractivity contribution is 5.94. The Balaban J connectivity index is 1.46. The molecule has 1 atom stereocenters.